The Kier molecular flexibility index (Phi) is 7.50. The van der Waals surface area contributed by atoms with Crippen molar-refractivity contribution < 1.29 is 4.74 Å². The summed E-state index contributed by atoms with van der Waals surface area (Å²) in [6, 6.07) is 18.1. The van der Waals surface area contributed by atoms with Gasteiger partial charge >= 0.3 is 0 Å². The van der Waals surface area contributed by atoms with Crippen LogP contribution in [0.2, 0.25) is 0 Å². The molecule has 0 aliphatic heterocycles. The highest BCUT2D eigenvalue weighted by Crippen LogP contribution is 2.11. The van der Waals surface area contributed by atoms with E-state index in [4.69, 9.17) is 17.0 Å². The van der Waals surface area contributed by atoms with Gasteiger partial charge in [0.1, 0.15) is 5.75 Å². The molecular weight excluding hydrogens is 318 g/mol. The molecule has 0 atom stereocenters. The second kappa shape index (κ2) is 10.2. The molecule has 0 aromatic heterocycles. The zero-order chi connectivity index (χ0) is 17.0. The third-order valence-corrected chi connectivity index (χ3v) is 3.40. The Balaban J connectivity index is 1.74. The largest absolute Gasteiger partial charge is 0.493 e. The van der Waals surface area contributed by atoms with E-state index in [0.29, 0.717) is 18.3 Å². The van der Waals surface area contributed by atoms with Crippen LogP contribution in [0, 0.1) is 0 Å². The quantitative estimate of drug-likeness (QED) is 0.335. The minimum absolute atomic E-state index is 0.465. The lowest BCUT2D eigenvalue weighted by molar-refractivity contribution is 0.322. The summed E-state index contributed by atoms with van der Waals surface area (Å²) in [6.07, 6.45) is 4.33. The summed E-state index contributed by atoms with van der Waals surface area (Å²) >= 11 is 5.04. The first-order chi connectivity index (χ1) is 11.8. The zero-order valence-electron chi connectivity index (χ0n) is 13.4. The van der Waals surface area contributed by atoms with E-state index in [1.807, 2.05) is 42.5 Å². The Hall–Kier alpha value is -2.66. The molecule has 124 valence electrons. The molecule has 0 aliphatic carbocycles. The number of rotatable bonds is 8. The summed E-state index contributed by atoms with van der Waals surface area (Å²) in [5.41, 5.74) is 4.98. The van der Waals surface area contributed by atoms with E-state index in [1.165, 1.54) is 5.56 Å². The Morgan fingerprint density at radius 2 is 1.88 bits per heavy atom. The van der Waals surface area contributed by atoms with Crippen LogP contribution < -0.4 is 15.5 Å². The van der Waals surface area contributed by atoms with Crippen molar-refractivity contribution in [3.05, 3.63) is 78.4 Å². The van der Waals surface area contributed by atoms with Crippen molar-refractivity contribution in [1.29, 1.82) is 0 Å². The van der Waals surface area contributed by atoms with E-state index in [1.54, 1.807) is 12.3 Å². The maximum absolute atomic E-state index is 5.75. The van der Waals surface area contributed by atoms with Gasteiger partial charge in [-0.15, -0.1) is 6.58 Å². The van der Waals surface area contributed by atoms with Crippen LogP contribution in [0.5, 0.6) is 5.75 Å². The van der Waals surface area contributed by atoms with Crippen LogP contribution in [0.25, 0.3) is 0 Å². The molecule has 2 aromatic carbocycles. The molecule has 4 nitrogen and oxygen atoms in total. The standard InChI is InChI=1S/C19H21N3OS/c1-2-13-20-19(24)22-21-15-17-8-10-18(11-9-17)23-14-12-16-6-4-3-5-7-16/h2-11,15H,1,12-14H2,(H2,20,22,24)/b21-15-. The lowest BCUT2D eigenvalue weighted by atomic mass is 10.2. The molecule has 2 aromatic rings. The minimum atomic E-state index is 0.465. The van der Waals surface area contributed by atoms with Crippen molar-refractivity contribution in [2.75, 3.05) is 13.2 Å². The number of ether oxygens (including phenoxy) is 1. The second-order valence-electron chi connectivity index (χ2n) is 5.02. The van der Waals surface area contributed by atoms with E-state index < -0.39 is 0 Å². The average molecular weight is 339 g/mol. The maximum atomic E-state index is 5.75. The zero-order valence-corrected chi connectivity index (χ0v) is 14.3. The van der Waals surface area contributed by atoms with Gasteiger partial charge in [-0.2, -0.15) is 5.10 Å². The Morgan fingerprint density at radius 1 is 1.12 bits per heavy atom. The van der Waals surface area contributed by atoms with Crippen LogP contribution in [0.3, 0.4) is 0 Å². The Morgan fingerprint density at radius 3 is 2.58 bits per heavy atom. The Bertz CT molecular complexity index is 669. The number of hydrogen-bond acceptors (Lipinski definition) is 3. The molecule has 0 heterocycles. The normalized spacial score (nSPS) is 10.3. The number of nitrogens with zero attached hydrogens (tertiary/aromatic N) is 1. The summed E-state index contributed by atoms with van der Waals surface area (Å²) in [5.74, 6) is 0.846. The molecular formula is C19H21N3OS. The summed E-state index contributed by atoms with van der Waals surface area (Å²) < 4.78 is 5.75. The van der Waals surface area contributed by atoms with Crippen molar-refractivity contribution in [3.8, 4) is 5.75 Å². The fourth-order valence-electron chi connectivity index (χ4n) is 1.95. The molecule has 0 amide bonds. The molecule has 0 aliphatic rings. The highest BCUT2D eigenvalue weighted by atomic mass is 32.1. The lowest BCUT2D eigenvalue weighted by Crippen LogP contribution is -2.31. The molecule has 0 spiro atoms. The van der Waals surface area contributed by atoms with Crippen LogP contribution in [-0.4, -0.2) is 24.5 Å². The number of hydrogen-bond donors (Lipinski definition) is 2. The number of nitrogens with one attached hydrogen (secondary N) is 2. The first kappa shape index (κ1) is 17.7. The highest BCUT2D eigenvalue weighted by Gasteiger charge is 1.96. The van der Waals surface area contributed by atoms with Crippen molar-refractivity contribution >= 4 is 23.5 Å². The van der Waals surface area contributed by atoms with Crippen LogP contribution in [-0.2, 0) is 6.42 Å². The van der Waals surface area contributed by atoms with Gasteiger partial charge in [0.25, 0.3) is 0 Å². The molecule has 0 radical (unpaired) electrons. The minimum Gasteiger partial charge on any atom is -0.493 e. The molecule has 5 heteroatoms. The van der Waals surface area contributed by atoms with Gasteiger partial charge in [0.2, 0.25) is 0 Å². The predicted octanol–water partition coefficient (Wildman–Crippen LogP) is 3.29. The van der Waals surface area contributed by atoms with Gasteiger partial charge in [-0.3, -0.25) is 5.43 Å². The molecule has 0 saturated heterocycles. The first-order valence-corrected chi connectivity index (χ1v) is 8.13. The smallest absolute Gasteiger partial charge is 0.187 e. The van der Waals surface area contributed by atoms with E-state index in [2.05, 4.69) is 34.6 Å². The molecule has 24 heavy (non-hydrogen) atoms. The van der Waals surface area contributed by atoms with Gasteiger partial charge in [-0.25, -0.2) is 0 Å². The topological polar surface area (TPSA) is 45.7 Å². The molecule has 2 rings (SSSR count). The van der Waals surface area contributed by atoms with Crippen LogP contribution in [0.1, 0.15) is 11.1 Å². The van der Waals surface area contributed by atoms with E-state index >= 15 is 0 Å². The number of hydrazone groups is 1. The van der Waals surface area contributed by atoms with Gasteiger partial charge < -0.3 is 10.1 Å². The SMILES string of the molecule is C=CCNC(=S)N/N=C\c1ccc(OCCc2ccccc2)cc1. The third-order valence-electron chi connectivity index (χ3n) is 3.17. The fourth-order valence-corrected chi connectivity index (χ4v) is 2.09. The van der Waals surface area contributed by atoms with Gasteiger partial charge in [-0.1, -0.05) is 36.4 Å². The van der Waals surface area contributed by atoms with Gasteiger partial charge in [0, 0.05) is 13.0 Å². The van der Waals surface area contributed by atoms with Crippen molar-refractivity contribution in [2.24, 2.45) is 5.10 Å². The van der Waals surface area contributed by atoms with E-state index in [-0.39, 0.29) is 0 Å². The number of thiocarbonyl (C=S) groups is 1. The summed E-state index contributed by atoms with van der Waals surface area (Å²) in [7, 11) is 0. The highest BCUT2D eigenvalue weighted by molar-refractivity contribution is 7.80. The summed E-state index contributed by atoms with van der Waals surface area (Å²) in [4.78, 5) is 0. The maximum Gasteiger partial charge on any atom is 0.187 e. The van der Waals surface area contributed by atoms with E-state index in [9.17, 15) is 0 Å². The van der Waals surface area contributed by atoms with Crippen molar-refractivity contribution in [1.82, 2.24) is 10.7 Å². The molecule has 2 N–H and O–H groups in total. The second-order valence-corrected chi connectivity index (χ2v) is 5.43. The predicted molar refractivity (Wildman–Crippen MR) is 104 cm³/mol. The van der Waals surface area contributed by atoms with Crippen LogP contribution in [0.15, 0.2) is 72.4 Å². The van der Waals surface area contributed by atoms with Crippen LogP contribution in [0.4, 0.5) is 0 Å². The number of benzene rings is 2. The molecule has 0 bridgehead atoms. The molecule has 0 saturated carbocycles. The van der Waals surface area contributed by atoms with Gasteiger partial charge in [0.15, 0.2) is 5.11 Å². The fraction of sp³-hybridized carbons (Fsp3) is 0.158. The Labute approximate surface area is 148 Å². The lowest BCUT2D eigenvalue weighted by Gasteiger charge is -2.06. The van der Waals surface area contributed by atoms with Crippen molar-refractivity contribution in [2.45, 2.75) is 6.42 Å². The van der Waals surface area contributed by atoms with Gasteiger partial charge in [0.05, 0.1) is 12.8 Å². The van der Waals surface area contributed by atoms with E-state index in [0.717, 1.165) is 17.7 Å². The molecule has 0 fully saturated rings. The molecule has 0 unspecified atom stereocenters. The third kappa shape index (κ3) is 6.62. The average Bonchev–Trinajstić information content (AvgIpc) is 2.62. The summed E-state index contributed by atoms with van der Waals surface area (Å²) in [6.45, 7) is 4.87. The summed E-state index contributed by atoms with van der Waals surface area (Å²) in [5, 5.41) is 7.47. The van der Waals surface area contributed by atoms with Crippen LogP contribution >= 0.6 is 12.2 Å². The van der Waals surface area contributed by atoms with Gasteiger partial charge in [-0.05, 0) is 47.6 Å². The first-order valence-electron chi connectivity index (χ1n) is 7.72. The monoisotopic (exact) mass is 339 g/mol. The van der Waals surface area contributed by atoms with Crippen molar-refractivity contribution in [3.63, 3.8) is 0 Å².